The topological polar surface area (TPSA) is 70.2 Å². The molecule has 3 rings (SSSR count). The van der Waals surface area contributed by atoms with E-state index in [1.807, 2.05) is 24.3 Å². The summed E-state index contributed by atoms with van der Waals surface area (Å²) in [6.45, 7) is 0.604. The van der Waals surface area contributed by atoms with Gasteiger partial charge in [0.05, 0.1) is 12.0 Å². The maximum absolute atomic E-state index is 13.1. The lowest BCUT2D eigenvalue weighted by atomic mass is 9.72. The number of benzene rings is 2. The van der Waals surface area contributed by atoms with Crippen LogP contribution in [0.2, 0.25) is 5.02 Å². The molecule has 3 N–H and O–H groups in total. The highest BCUT2D eigenvalue weighted by Crippen LogP contribution is 2.41. The lowest BCUT2D eigenvalue weighted by Gasteiger charge is -2.43. The van der Waals surface area contributed by atoms with E-state index in [1.54, 1.807) is 12.1 Å². The molecule has 1 fully saturated rings. The van der Waals surface area contributed by atoms with Gasteiger partial charge in [-0.15, -0.1) is 0 Å². The molecule has 3 amide bonds. The maximum atomic E-state index is 13.1. The first kappa shape index (κ1) is 20.1. The van der Waals surface area contributed by atoms with E-state index in [0.717, 1.165) is 24.8 Å². The van der Waals surface area contributed by atoms with Gasteiger partial charge in [0, 0.05) is 18.1 Å². The molecule has 0 aliphatic heterocycles. The minimum atomic E-state index is -0.366. The van der Waals surface area contributed by atoms with Gasteiger partial charge in [0.15, 0.2) is 0 Å². The quantitative estimate of drug-likeness (QED) is 0.619. The Morgan fingerprint density at radius 2 is 1.75 bits per heavy atom. The number of hydrogen-bond acceptors (Lipinski definition) is 2. The van der Waals surface area contributed by atoms with Gasteiger partial charge in [-0.25, -0.2) is 9.18 Å². The minimum Gasteiger partial charge on any atom is -0.354 e. The SMILES string of the molecule is O=C(Cc1cccc(F)c1)NCCNC(=O)NC1(c2ccc(Cl)cc2)CCC1. The maximum Gasteiger partial charge on any atom is 0.315 e. The summed E-state index contributed by atoms with van der Waals surface area (Å²) in [6, 6.07) is 13.2. The van der Waals surface area contributed by atoms with E-state index in [2.05, 4.69) is 16.0 Å². The van der Waals surface area contributed by atoms with Crippen LogP contribution in [0, 0.1) is 5.82 Å². The molecule has 0 spiro atoms. The first-order valence-corrected chi connectivity index (χ1v) is 9.68. The van der Waals surface area contributed by atoms with Crippen molar-refractivity contribution in [1.82, 2.24) is 16.0 Å². The number of hydrogen-bond donors (Lipinski definition) is 3. The van der Waals surface area contributed by atoms with Crippen LogP contribution in [0.4, 0.5) is 9.18 Å². The summed E-state index contributed by atoms with van der Waals surface area (Å²) >= 11 is 5.94. The summed E-state index contributed by atoms with van der Waals surface area (Å²) in [6.07, 6.45) is 2.92. The van der Waals surface area contributed by atoms with Gasteiger partial charge in [-0.3, -0.25) is 4.79 Å². The van der Waals surface area contributed by atoms with Gasteiger partial charge < -0.3 is 16.0 Å². The molecule has 0 atom stereocenters. The molecule has 0 saturated heterocycles. The third kappa shape index (κ3) is 5.23. The van der Waals surface area contributed by atoms with Gasteiger partial charge in [0.1, 0.15) is 5.82 Å². The van der Waals surface area contributed by atoms with Crippen LogP contribution in [0.3, 0.4) is 0 Å². The van der Waals surface area contributed by atoms with Gasteiger partial charge in [0.25, 0.3) is 0 Å². The van der Waals surface area contributed by atoms with Gasteiger partial charge in [-0.1, -0.05) is 35.9 Å². The van der Waals surface area contributed by atoms with Crippen LogP contribution in [0.25, 0.3) is 0 Å². The molecular formula is C21H23ClFN3O2. The lowest BCUT2D eigenvalue weighted by molar-refractivity contribution is -0.120. The molecule has 0 radical (unpaired) electrons. The van der Waals surface area contributed by atoms with Crippen molar-refractivity contribution in [3.63, 3.8) is 0 Å². The van der Waals surface area contributed by atoms with Crippen molar-refractivity contribution < 1.29 is 14.0 Å². The van der Waals surface area contributed by atoms with Gasteiger partial charge in [-0.05, 0) is 54.7 Å². The van der Waals surface area contributed by atoms with E-state index in [1.165, 1.54) is 12.1 Å². The first-order chi connectivity index (χ1) is 13.5. The smallest absolute Gasteiger partial charge is 0.315 e. The Hall–Kier alpha value is -2.60. The molecule has 148 valence electrons. The second kappa shape index (κ2) is 9.06. The highest BCUT2D eigenvalue weighted by molar-refractivity contribution is 6.30. The van der Waals surface area contributed by atoms with Crippen molar-refractivity contribution in [2.45, 2.75) is 31.2 Å². The zero-order valence-corrected chi connectivity index (χ0v) is 16.2. The van der Waals surface area contributed by atoms with Crippen LogP contribution in [0.5, 0.6) is 0 Å². The highest BCUT2D eigenvalue weighted by atomic mass is 35.5. The molecule has 0 bridgehead atoms. The molecule has 1 aliphatic carbocycles. The Balaban J connectivity index is 1.40. The van der Waals surface area contributed by atoms with Crippen LogP contribution in [-0.2, 0) is 16.8 Å². The van der Waals surface area contributed by atoms with E-state index in [0.29, 0.717) is 23.7 Å². The van der Waals surface area contributed by atoms with E-state index in [9.17, 15) is 14.0 Å². The third-order valence-electron chi connectivity index (χ3n) is 4.94. The van der Waals surface area contributed by atoms with Crippen molar-refractivity contribution in [3.05, 3.63) is 70.5 Å². The highest BCUT2D eigenvalue weighted by Gasteiger charge is 2.39. The second-order valence-electron chi connectivity index (χ2n) is 6.98. The van der Waals surface area contributed by atoms with Crippen LogP contribution >= 0.6 is 11.6 Å². The molecule has 1 aliphatic rings. The van der Waals surface area contributed by atoms with Crippen molar-refractivity contribution in [2.75, 3.05) is 13.1 Å². The van der Waals surface area contributed by atoms with Crippen LogP contribution in [-0.4, -0.2) is 25.0 Å². The summed E-state index contributed by atoms with van der Waals surface area (Å²) in [5.74, 6) is -0.585. The Kier molecular flexibility index (Phi) is 6.52. The number of carbonyl (C=O) groups is 2. The number of urea groups is 1. The number of amides is 3. The standard InChI is InChI=1S/C21H23ClFN3O2/c22-17-7-5-16(6-8-17)21(9-2-10-21)26-20(28)25-12-11-24-19(27)14-15-3-1-4-18(23)13-15/h1,3-8,13H,2,9-12,14H2,(H,24,27)(H2,25,26,28). The summed E-state index contributed by atoms with van der Waals surface area (Å²) < 4.78 is 13.1. The number of nitrogens with one attached hydrogen (secondary N) is 3. The summed E-state index contributed by atoms with van der Waals surface area (Å²) in [4.78, 5) is 24.2. The van der Waals surface area contributed by atoms with E-state index < -0.39 is 0 Å². The molecule has 2 aromatic carbocycles. The van der Waals surface area contributed by atoms with Gasteiger partial charge >= 0.3 is 6.03 Å². The molecule has 0 unspecified atom stereocenters. The Morgan fingerprint density at radius 1 is 1.04 bits per heavy atom. The van der Waals surface area contributed by atoms with E-state index >= 15 is 0 Å². The Morgan fingerprint density at radius 3 is 2.39 bits per heavy atom. The second-order valence-corrected chi connectivity index (χ2v) is 7.42. The first-order valence-electron chi connectivity index (χ1n) is 9.30. The van der Waals surface area contributed by atoms with Crippen LogP contribution in [0.15, 0.2) is 48.5 Å². The molecular weight excluding hydrogens is 381 g/mol. The molecule has 0 aromatic heterocycles. The van der Waals surface area contributed by atoms with Crippen molar-refractivity contribution in [2.24, 2.45) is 0 Å². The fraction of sp³-hybridized carbons (Fsp3) is 0.333. The summed E-state index contributed by atoms with van der Waals surface area (Å²) in [7, 11) is 0. The zero-order chi connectivity index (χ0) is 20.0. The lowest BCUT2D eigenvalue weighted by Crippen LogP contribution is -2.54. The minimum absolute atomic E-state index is 0.101. The largest absolute Gasteiger partial charge is 0.354 e. The number of halogens is 2. The fourth-order valence-electron chi connectivity index (χ4n) is 3.32. The van der Waals surface area contributed by atoms with Crippen molar-refractivity contribution in [3.8, 4) is 0 Å². The third-order valence-corrected chi connectivity index (χ3v) is 5.20. The van der Waals surface area contributed by atoms with Gasteiger partial charge in [0.2, 0.25) is 5.91 Å². The van der Waals surface area contributed by atoms with Gasteiger partial charge in [-0.2, -0.15) is 0 Å². The Labute approximate surface area is 168 Å². The molecule has 2 aromatic rings. The Bertz CT molecular complexity index is 838. The molecule has 7 heteroatoms. The zero-order valence-electron chi connectivity index (χ0n) is 15.4. The summed E-state index contributed by atoms with van der Waals surface area (Å²) in [5.41, 5.74) is 1.30. The molecule has 0 heterocycles. The number of rotatable bonds is 7. The predicted octanol–water partition coefficient (Wildman–Crippen LogP) is 3.52. The van der Waals surface area contributed by atoms with Crippen molar-refractivity contribution in [1.29, 1.82) is 0 Å². The van der Waals surface area contributed by atoms with Crippen LogP contribution in [0.1, 0.15) is 30.4 Å². The van der Waals surface area contributed by atoms with Crippen LogP contribution < -0.4 is 16.0 Å². The molecule has 28 heavy (non-hydrogen) atoms. The number of carbonyl (C=O) groups excluding carboxylic acids is 2. The molecule has 5 nitrogen and oxygen atoms in total. The monoisotopic (exact) mass is 403 g/mol. The summed E-state index contributed by atoms with van der Waals surface area (Å²) in [5, 5.41) is 9.20. The fourth-order valence-corrected chi connectivity index (χ4v) is 3.45. The normalized spacial score (nSPS) is 14.6. The van der Waals surface area contributed by atoms with E-state index in [-0.39, 0.29) is 29.7 Å². The average Bonchev–Trinajstić information content (AvgIpc) is 2.63. The predicted molar refractivity (Wildman–Crippen MR) is 107 cm³/mol. The average molecular weight is 404 g/mol. The van der Waals surface area contributed by atoms with E-state index in [4.69, 9.17) is 11.6 Å². The van der Waals surface area contributed by atoms with Crippen molar-refractivity contribution >= 4 is 23.5 Å². The molecule has 1 saturated carbocycles.